The molecule has 3 unspecified atom stereocenters. The maximum atomic E-state index is 14.9. The number of esters is 1. The zero-order valence-electron chi connectivity index (χ0n) is 31.8. The number of Topliss-reactive ketones (excluding diaryl/α,β-unsaturated/α-hetero) is 1. The van der Waals surface area contributed by atoms with Gasteiger partial charge in [-0.05, 0) is 89.3 Å². The van der Waals surface area contributed by atoms with Crippen molar-refractivity contribution in [1.82, 2.24) is 9.97 Å². The Morgan fingerprint density at radius 3 is 2.07 bits per heavy atom. The van der Waals surface area contributed by atoms with Crippen molar-refractivity contribution in [2.75, 3.05) is 17.2 Å². The fourth-order valence-corrected chi connectivity index (χ4v) is 7.32. The number of aromatic nitrogens is 2. The number of carbonyl (C=O) groups excluding carboxylic acids is 3. The summed E-state index contributed by atoms with van der Waals surface area (Å²) < 4.78 is 5.76. The standard InChI is InChI=1S/C47H44N6O4/c1-30-11-16-41(31(2)21-30)45(55)57-28-33-9-6-10-36(22-33)43(42(54)23-32-7-4-3-5-8-32)44(49)47(29-48,53-40-15-13-38-27-51-20-18-35(38)25-40)46(56)52-39-14-12-37-26-50-19-17-34(37)24-39/h3-22,24-27,43-44,53H,23,28-29,48-49H2,1-2H3,(H,52,56). The summed E-state index contributed by atoms with van der Waals surface area (Å²) in [6.45, 7) is 3.52. The van der Waals surface area contributed by atoms with E-state index in [0.717, 1.165) is 38.2 Å². The topological polar surface area (TPSA) is 162 Å². The third-order valence-corrected chi connectivity index (χ3v) is 10.4. The van der Waals surface area contributed by atoms with Gasteiger partial charge in [-0.1, -0.05) is 84.4 Å². The lowest BCUT2D eigenvalue weighted by atomic mass is 9.74. The largest absolute Gasteiger partial charge is 0.457 e. The van der Waals surface area contributed by atoms with Crippen molar-refractivity contribution >= 4 is 50.6 Å². The number of pyridine rings is 2. The fraction of sp³-hybridized carbons (Fsp3) is 0.170. The molecule has 5 aromatic carbocycles. The zero-order chi connectivity index (χ0) is 39.9. The molecule has 0 saturated heterocycles. The fourth-order valence-electron chi connectivity index (χ4n) is 7.32. The number of nitrogens with zero attached hydrogens (tertiary/aromatic N) is 2. The quantitative estimate of drug-likeness (QED) is 0.0827. The maximum Gasteiger partial charge on any atom is 0.338 e. The van der Waals surface area contributed by atoms with Gasteiger partial charge in [0.25, 0.3) is 5.91 Å². The van der Waals surface area contributed by atoms with E-state index in [1.165, 1.54) is 0 Å². The van der Waals surface area contributed by atoms with Crippen LogP contribution in [-0.4, -0.2) is 45.8 Å². The molecular formula is C47H44N6O4. The van der Waals surface area contributed by atoms with Gasteiger partial charge in [-0.15, -0.1) is 0 Å². The minimum Gasteiger partial charge on any atom is -0.457 e. The highest BCUT2D eigenvalue weighted by molar-refractivity contribution is 6.04. The molecule has 10 heteroatoms. The first-order chi connectivity index (χ1) is 27.6. The van der Waals surface area contributed by atoms with E-state index in [4.69, 9.17) is 16.2 Å². The average Bonchev–Trinajstić information content (AvgIpc) is 3.22. The van der Waals surface area contributed by atoms with Crippen LogP contribution in [0.3, 0.4) is 0 Å². The first kappa shape index (κ1) is 38.5. The Bertz CT molecular complexity index is 2580. The number of amides is 1. The predicted molar refractivity (Wildman–Crippen MR) is 225 cm³/mol. The van der Waals surface area contributed by atoms with Crippen LogP contribution in [0, 0.1) is 13.8 Å². The molecule has 0 fully saturated rings. The summed E-state index contributed by atoms with van der Waals surface area (Å²) in [5.41, 5.74) is 17.8. The molecule has 3 atom stereocenters. The molecule has 0 aliphatic heterocycles. The molecule has 6 N–H and O–H groups in total. The molecular weight excluding hydrogens is 713 g/mol. The van der Waals surface area contributed by atoms with Crippen molar-refractivity contribution in [3.05, 3.63) is 179 Å². The van der Waals surface area contributed by atoms with Gasteiger partial charge in [0.15, 0.2) is 0 Å². The molecule has 7 aromatic rings. The number of hydrogen-bond acceptors (Lipinski definition) is 9. The molecule has 2 heterocycles. The van der Waals surface area contributed by atoms with E-state index in [2.05, 4.69) is 20.6 Å². The summed E-state index contributed by atoms with van der Waals surface area (Å²) >= 11 is 0. The van der Waals surface area contributed by atoms with Crippen molar-refractivity contribution in [1.29, 1.82) is 0 Å². The van der Waals surface area contributed by atoms with Gasteiger partial charge in [-0.3, -0.25) is 19.6 Å². The molecule has 2 aromatic heterocycles. The van der Waals surface area contributed by atoms with E-state index in [9.17, 15) is 14.4 Å². The van der Waals surface area contributed by atoms with E-state index >= 15 is 0 Å². The Hall–Kier alpha value is -6.75. The number of carbonyl (C=O) groups is 3. The third kappa shape index (κ3) is 8.57. The number of rotatable bonds is 14. The lowest BCUT2D eigenvalue weighted by Gasteiger charge is -2.41. The highest BCUT2D eigenvalue weighted by atomic mass is 16.5. The highest BCUT2D eigenvalue weighted by Crippen LogP contribution is 2.33. The van der Waals surface area contributed by atoms with E-state index in [0.29, 0.717) is 28.1 Å². The Balaban J connectivity index is 1.28. The molecule has 0 radical (unpaired) electrons. The van der Waals surface area contributed by atoms with Gasteiger partial charge in [0.05, 0.1) is 17.5 Å². The molecule has 10 nitrogen and oxygen atoms in total. The Morgan fingerprint density at radius 1 is 0.719 bits per heavy atom. The molecule has 0 spiro atoms. The van der Waals surface area contributed by atoms with Crippen LogP contribution in [0.1, 0.15) is 44.1 Å². The van der Waals surface area contributed by atoms with Crippen LogP contribution in [0.2, 0.25) is 0 Å². The molecule has 0 saturated carbocycles. The second-order valence-electron chi connectivity index (χ2n) is 14.4. The second kappa shape index (κ2) is 16.9. The molecule has 0 aliphatic carbocycles. The number of ether oxygens (including phenoxy) is 1. The normalized spacial score (nSPS) is 13.3. The van der Waals surface area contributed by atoms with E-state index in [-0.39, 0.29) is 25.4 Å². The van der Waals surface area contributed by atoms with Crippen molar-refractivity contribution in [3.8, 4) is 0 Å². The lowest BCUT2D eigenvalue weighted by molar-refractivity contribution is -0.123. The highest BCUT2D eigenvalue weighted by Gasteiger charge is 2.49. The molecule has 0 bridgehead atoms. The Labute approximate surface area is 331 Å². The number of hydrogen-bond donors (Lipinski definition) is 4. The summed E-state index contributed by atoms with van der Waals surface area (Å²) in [7, 11) is 0. The molecule has 7 rings (SSSR count). The van der Waals surface area contributed by atoms with E-state index < -0.39 is 29.4 Å². The van der Waals surface area contributed by atoms with Crippen molar-refractivity contribution in [2.24, 2.45) is 11.5 Å². The van der Waals surface area contributed by atoms with E-state index in [1.807, 2.05) is 117 Å². The summed E-state index contributed by atoms with van der Waals surface area (Å²) in [6.07, 6.45) is 6.94. The number of nitrogens with two attached hydrogens (primary N) is 2. The number of fused-ring (bicyclic) bond motifs is 2. The van der Waals surface area contributed by atoms with Crippen molar-refractivity contribution in [3.63, 3.8) is 0 Å². The van der Waals surface area contributed by atoms with Gasteiger partial charge in [0.2, 0.25) is 0 Å². The summed E-state index contributed by atoms with van der Waals surface area (Å²) in [4.78, 5) is 51.2. The summed E-state index contributed by atoms with van der Waals surface area (Å²) in [5, 5.41) is 10.1. The van der Waals surface area contributed by atoms with Crippen LogP contribution in [0.5, 0.6) is 0 Å². The summed E-state index contributed by atoms with van der Waals surface area (Å²) in [6, 6.07) is 35.9. The van der Waals surface area contributed by atoms with Gasteiger partial charge in [-0.25, -0.2) is 4.79 Å². The number of anilines is 2. The average molecular weight is 757 g/mol. The van der Waals surface area contributed by atoms with Crippen LogP contribution < -0.4 is 22.1 Å². The minimum atomic E-state index is -1.73. The SMILES string of the molecule is Cc1ccc(C(=O)OCc2cccc(C(C(=O)Cc3ccccc3)C(N)C(CN)(Nc3ccc4cnccc4c3)C(=O)Nc3ccc4cnccc4c3)c2)c(C)c1. The second-order valence-corrected chi connectivity index (χ2v) is 14.4. The van der Waals surface area contributed by atoms with E-state index in [1.54, 1.807) is 43.0 Å². The number of ketones is 1. The molecule has 57 heavy (non-hydrogen) atoms. The van der Waals surface area contributed by atoms with Crippen LogP contribution in [0.15, 0.2) is 146 Å². The monoisotopic (exact) mass is 756 g/mol. The number of benzene rings is 5. The minimum absolute atomic E-state index is 0.0426. The lowest BCUT2D eigenvalue weighted by Crippen LogP contribution is -2.68. The predicted octanol–water partition coefficient (Wildman–Crippen LogP) is 7.43. The first-order valence-corrected chi connectivity index (χ1v) is 18.8. The maximum absolute atomic E-state index is 14.9. The zero-order valence-corrected chi connectivity index (χ0v) is 31.8. The van der Waals surface area contributed by atoms with Gasteiger partial charge in [0.1, 0.15) is 17.9 Å². The van der Waals surface area contributed by atoms with Crippen LogP contribution in [0.25, 0.3) is 21.5 Å². The van der Waals surface area contributed by atoms with Crippen molar-refractivity contribution in [2.45, 2.75) is 44.4 Å². The molecule has 1 amide bonds. The van der Waals surface area contributed by atoms with Crippen molar-refractivity contribution < 1.29 is 19.1 Å². The number of aryl methyl sites for hydroxylation is 2. The van der Waals surface area contributed by atoms with Gasteiger partial charge in [0, 0.05) is 59.9 Å². The number of nitrogens with one attached hydrogen (secondary N) is 2. The molecule has 286 valence electrons. The van der Waals surface area contributed by atoms with Gasteiger partial charge >= 0.3 is 5.97 Å². The smallest absolute Gasteiger partial charge is 0.338 e. The van der Waals surface area contributed by atoms with Crippen LogP contribution in [0.4, 0.5) is 11.4 Å². The van der Waals surface area contributed by atoms with Gasteiger partial charge in [-0.2, -0.15) is 0 Å². The Morgan fingerprint density at radius 2 is 1.39 bits per heavy atom. The third-order valence-electron chi connectivity index (χ3n) is 10.4. The summed E-state index contributed by atoms with van der Waals surface area (Å²) in [5.74, 6) is -2.22. The van der Waals surface area contributed by atoms with Crippen LogP contribution >= 0.6 is 0 Å². The molecule has 0 aliphatic rings. The van der Waals surface area contributed by atoms with Gasteiger partial charge < -0.3 is 26.8 Å². The van der Waals surface area contributed by atoms with Crippen LogP contribution in [-0.2, 0) is 27.4 Å². The first-order valence-electron chi connectivity index (χ1n) is 18.8. The Kier molecular flexibility index (Phi) is 11.5.